The molecule has 9 atom stereocenters. The molecule has 0 saturated heterocycles. The van der Waals surface area contributed by atoms with Crippen LogP contribution < -0.4 is 0 Å². The third-order valence-electron chi connectivity index (χ3n) is 10.4. The molecule has 0 heterocycles. The van der Waals surface area contributed by atoms with Crippen LogP contribution in [0.2, 0.25) is 0 Å². The van der Waals surface area contributed by atoms with Crippen LogP contribution in [0.3, 0.4) is 0 Å². The molecule has 0 radical (unpaired) electrons. The van der Waals surface area contributed by atoms with Crippen molar-refractivity contribution in [1.29, 1.82) is 0 Å². The Labute approximate surface area is 172 Å². The van der Waals surface area contributed by atoms with Crippen LogP contribution in [-0.2, 0) is 0 Å². The maximum Gasteiger partial charge on any atom is -0.0264 e. The fourth-order valence-electron chi connectivity index (χ4n) is 9.10. The van der Waals surface area contributed by atoms with Gasteiger partial charge in [-0.05, 0) is 104 Å². The molecule has 0 amide bonds. The normalized spacial score (nSPS) is 49.7. The van der Waals surface area contributed by atoms with Crippen molar-refractivity contribution in [3.8, 4) is 0 Å². The van der Waals surface area contributed by atoms with E-state index in [1.54, 1.807) is 44.9 Å². The topological polar surface area (TPSA) is 0 Å². The fraction of sp³-hybridized carbons (Fsp3) is 1.00. The van der Waals surface area contributed by atoms with Crippen molar-refractivity contribution in [3.63, 3.8) is 0 Å². The molecule has 0 spiro atoms. The monoisotopic (exact) mass is 376 g/mol. The largest absolute Gasteiger partial charge is 0.0776 e. The predicted octanol–water partition coefficient (Wildman–Crippen LogP) is 8.99. The molecule has 9 unspecified atom stereocenters. The minimum Gasteiger partial charge on any atom is -0.0776 e. The highest BCUT2D eigenvalue weighted by molar-refractivity contribution is 5.09. The summed E-state index contributed by atoms with van der Waals surface area (Å²) in [5.74, 6) is 7.23. The Morgan fingerprint density at radius 1 is 0.852 bits per heavy atom. The van der Waals surface area contributed by atoms with Crippen molar-refractivity contribution < 1.29 is 0 Å². The quantitative estimate of drug-likeness (QED) is 0.461. The lowest BCUT2D eigenvalue weighted by atomic mass is 9.44. The minimum absolute atomic E-state index is 0. The predicted molar refractivity (Wildman–Crippen MR) is 122 cm³/mol. The van der Waals surface area contributed by atoms with E-state index in [2.05, 4.69) is 34.6 Å². The third kappa shape index (κ3) is 3.54. The smallest absolute Gasteiger partial charge is 0.0264 e. The van der Waals surface area contributed by atoms with E-state index in [0.29, 0.717) is 10.8 Å². The SMILES string of the molecule is C.C.CCCC(C)C1CCC2C3CCC4CC(C)CCC4(C)C3CCC12C. The molecule has 160 valence electrons. The maximum absolute atomic E-state index is 2.73. The molecular formula is C27H52. The summed E-state index contributed by atoms with van der Waals surface area (Å²) in [6, 6.07) is 0. The summed E-state index contributed by atoms with van der Waals surface area (Å²) < 4.78 is 0. The van der Waals surface area contributed by atoms with Gasteiger partial charge in [-0.3, -0.25) is 0 Å². The second-order valence-electron chi connectivity index (χ2n) is 11.5. The van der Waals surface area contributed by atoms with Gasteiger partial charge in [-0.25, -0.2) is 0 Å². The van der Waals surface area contributed by atoms with E-state index in [1.165, 1.54) is 25.7 Å². The Hall–Kier alpha value is 0. The van der Waals surface area contributed by atoms with Crippen molar-refractivity contribution in [1.82, 2.24) is 0 Å². The van der Waals surface area contributed by atoms with Gasteiger partial charge in [0.15, 0.2) is 0 Å². The minimum atomic E-state index is 0. The van der Waals surface area contributed by atoms with Gasteiger partial charge in [0, 0.05) is 0 Å². The molecule has 4 aliphatic rings. The van der Waals surface area contributed by atoms with Gasteiger partial charge in [0.05, 0.1) is 0 Å². The number of rotatable bonds is 3. The standard InChI is InChI=1S/C25H44.2CH4/c1-6-7-18(3)21-10-11-22-20-9-8-19-16-17(2)12-14-24(19,4)23(20)13-15-25(21,22)5;;/h17-23H,6-16H2,1-5H3;2*1H4. The summed E-state index contributed by atoms with van der Waals surface area (Å²) in [4.78, 5) is 0. The van der Waals surface area contributed by atoms with Crippen molar-refractivity contribution in [2.75, 3.05) is 0 Å². The summed E-state index contributed by atoms with van der Waals surface area (Å²) in [7, 11) is 0. The first-order chi connectivity index (χ1) is 11.9. The van der Waals surface area contributed by atoms with Crippen molar-refractivity contribution in [2.24, 2.45) is 52.3 Å². The first-order valence-corrected chi connectivity index (χ1v) is 11.9. The molecule has 0 aromatic heterocycles. The third-order valence-corrected chi connectivity index (χ3v) is 10.4. The number of hydrogen-bond donors (Lipinski definition) is 0. The highest BCUT2D eigenvalue weighted by Gasteiger charge is 2.60. The zero-order valence-corrected chi connectivity index (χ0v) is 17.8. The lowest BCUT2D eigenvalue weighted by molar-refractivity contribution is -0.120. The molecule has 4 fully saturated rings. The Morgan fingerprint density at radius 2 is 1.52 bits per heavy atom. The Balaban J connectivity index is 0.00000131. The van der Waals surface area contributed by atoms with Crippen molar-refractivity contribution in [3.05, 3.63) is 0 Å². The zero-order valence-electron chi connectivity index (χ0n) is 17.8. The first-order valence-electron chi connectivity index (χ1n) is 11.9. The molecule has 4 aliphatic carbocycles. The molecule has 0 nitrogen and oxygen atoms in total. The first kappa shape index (κ1) is 23.3. The molecule has 0 bridgehead atoms. The molecule has 4 rings (SSSR count). The van der Waals surface area contributed by atoms with Crippen LogP contribution in [-0.4, -0.2) is 0 Å². The molecule has 0 aliphatic heterocycles. The Morgan fingerprint density at radius 3 is 2.22 bits per heavy atom. The fourth-order valence-corrected chi connectivity index (χ4v) is 9.10. The molecule has 0 heteroatoms. The summed E-state index contributed by atoms with van der Waals surface area (Å²) in [6.07, 6.45) is 16.8. The molecule has 0 N–H and O–H groups in total. The van der Waals surface area contributed by atoms with Crippen LogP contribution in [0.15, 0.2) is 0 Å². The molecule has 4 saturated carbocycles. The van der Waals surface area contributed by atoms with E-state index in [9.17, 15) is 0 Å². The highest BCUT2D eigenvalue weighted by atomic mass is 14.6. The second-order valence-corrected chi connectivity index (χ2v) is 11.5. The van der Waals surface area contributed by atoms with Crippen LogP contribution in [0.5, 0.6) is 0 Å². The van der Waals surface area contributed by atoms with E-state index in [4.69, 9.17) is 0 Å². The van der Waals surface area contributed by atoms with Crippen LogP contribution in [0, 0.1) is 52.3 Å². The Kier molecular flexibility index (Phi) is 7.24. The van der Waals surface area contributed by atoms with Gasteiger partial charge in [-0.2, -0.15) is 0 Å². The van der Waals surface area contributed by atoms with E-state index in [0.717, 1.165) is 41.4 Å². The van der Waals surface area contributed by atoms with Crippen LogP contribution in [0.25, 0.3) is 0 Å². The van der Waals surface area contributed by atoms with E-state index in [-0.39, 0.29) is 14.9 Å². The van der Waals surface area contributed by atoms with E-state index in [1.807, 2.05) is 0 Å². The van der Waals surface area contributed by atoms with Crippen LogP contribution >= 0.6 is 0 Å². The average Bonchev–Trinajstić information content (AvgIpc) is 2.93. The van der Waals surface area contributed by atoms with Gasteiger partial charge in [-0.1, -0.05) is 68.7 Å². The van der Waals surface area contributed by atoms with Crippen molar-refractivity contribution in [2.45, 2.75) is 120 Å². The van der Waals surface area contributed by atoms with Crippen molar-refractivity contribution >= 4 is 0 Å². The lowest BCUT2D eigenvalue weighted by Crippen LogP contribution is -2.53. The van der Waals surface area contributed by atoms with Crippen LogP contribution in [0.1, 0.15) is 120 Å². The van der Waals surface area contributed by atoms with Gasteiger partial charge in [0.2, 0.25) is 0 Å². The Bertz CT molecular complexity index is 480. The maximum atomic E-state index is 2.73. The van der Waals surface area contributed by atoms with Crippen LogP contribution in [0.4, 0.5) is 0 Å². The number of fused-ring (bicyclic) bond motifs is 5. The second kappa shape index (κ2) is 8.39. The summed E-state index contributed by atoms with van der Waals surface area (Å²) in [5.41, 5.74) is 1.38. The number of hydrogen-bond acceptors (Lipinski definition) is 0. The molecule has 27 heavy (non-hydrogen) atoms. The van der Waals surface area contributed by atoms with Gasteiger partial charge < -0.3 is 0 Å². The van der Waals surface area contributed by atoms with E-state index < -0.39 is 0 Å². The lowest BCUT2D eigenvalue weighted by Gasteiger charge is -2.61. The van der Waals surface area contributed by atoms with E-state index >= 15 is 0 Å². The average molecular weight is 377 g/mol. The molecule has 0 aromatic rings. The summed E-state index contributed by atoms with van der Waals surface area (Å²) >= 11 is 0. The van der Waals surface area contributed by atoms with Gasteiger partial charge in [0.25, 0.3) is 0 Å². The summed E-state index contributed by atoms with van der Waals surface area (Å²) in [6.45, 7) is 12.9. The highest BCUT2D eigenvalue weighted by Crippen LogP contribution is 2.68. The van der Waals surface area contributed by atoms with Gasteiger partial charge in [0.1, 0.15) is 0 Å². The summed E-state index contributed by atoms with van der Waals surface area (Å²) in [5, 5.41) is 0. The zero-order chi connectivity index (χ0) is 17.8. The molecular weight excluding hydrogens is 324 g/mol. The van der Waals surface area contributed by atoms with Gasteiger partial charge >= 0.3 is 0 Å². The van der Waals surface area contributed by atoms with Gasteiger partial charge in [-0.15, -0.1) is 0 Å². The molecule has 0 aromatic carbocycles.